The van der Waals surface area contributed by atoms with Crippen molar-refractivity contribution in [2.24, 2.45) is 0 Å². The number of ether oxygens (including phenoxy) is 3. The third-order valence-electron chi connectivity index (χ3n) is 3.03. The van der Waals surface area contributed by atoms with E-state index in [1.165, 1.54) is 0 Å². The lowest BCUT2D eigenvalue weighted by atomic mass is 10.1. The van der Waals surface area contributed by atoms with Gasteiger partial charge in [0, 0.05) is 29.9 Å². The van der Waals surface area contributed by atoms with Crippen LogP contribution in [-0.4, -0.2) is 43.2 Å². The first kappa shape index (κ1) is 13.0. The molecule has 1 aliphatic heterocycles. The molecule has 0 unspecified atom stereocenters. The Kier molecular flexibility index (Phi) is 3.85. The van der Waals surface area contributed by atoms with E-state index in [4.69, 9.17) is 19.3 Å². The standard InChI is InChI=1S/C14H16N2O4/c17-4-6-18-5-3-16-11-1-2-15-12-8-14-13(7-10(11)12)19-9-20-14/h1-2,7-8,17H,3-6,9H2,(H,15,16). The fraction of sp³-hybridized carbons (Fsp3) is 0.357. The van der Waals surface area contributed by atoms with Gasteiger partial charge in [-0.3, -0.25) is 4.98 Å². The van der Waals surface area contributed by atoms with E-state index in [9.17, 15) is 0 Å². The molecule has 1 aliphatic rings. The molecule has 0 atom stereocenters. The third kappa shape index (κ3) is 2.61. The van der Waals surface area contributed by atoms with Crippen molar-refractivity contribution >= 4 is 16.6 Å². The van der Waals surface area contributed by atoms with E-state index < -0.39 is 0 Å². The Morgan fingerprint density at radius 2 is 2.10 bits per heavy atom. The molecule has 0 saturated carbocycles. The summed E-state index contributed by atoms with van der Waals surface area (Å²) in [4.78, 5) is 4.34. The summed E-state index contributed by atoms with van der Waals surface area (Å²) in [6.45, 7) is 1.85. The zero-order valence-corrected chi connectivity index (χ0v) is 11.0. The van der Waals surface area contributed by atoms with E-state index in [0.717, 1.165) is 28.1 Å². The number of benzene rings is 1. The number of nitrogens with zero attached hydrogens (tertiary/aromatic N) is 1. The normalized spacial score (nSPS) is 12.8. The van der Waals surface area contributed by atoms with Crippen LogP contribution >= 0.6 is 0 Å². The minimum Gasteiger partial charge on any atom is -0.454 e. The molecule has 106 valence electrons. The third-order valence-corrected chi connectivity index (χ3v) is 3.03. The molecule has 2 N–H and O–H groups in total. The molecular formula is C14H16N2O4. The molecule has 0 amide bonds. The van der Waals surface area contributed by atoms with Gasteiger partial charge in [-0.25, -0.2) is 0 Å². The highest BCUT2D eigenvalue weighted by molar-refractivity contribution is 5.93. The molecule has 0 aliphatic carbocycles. The summed E-state index contributed by atoms with van der Waals surface area (Å²) < 4.78 is 16.0. The zero-order valence-electron chi connectivity index (χ0n) is 11.0. The van der Waals surface area contributed by atoms with E-state index >= 15 is 0 Å². The molecule has 20 heavy (non-hydrogen) atoms. The van der Waals surface area contributed by atoms with Crippen molar-refractivity contribution < 1.29 is 19.3 Å². The van der Waals surface area contributed by atoms with Crippen molar-refractivity contribution in [2.45, 2.75) is 0 Å². The van der Waals surface area contributed by atoms with Crippen LogP contribution in [0.3, 0.4) is 0 Å². The van der Waals surface area contributed by atoms with Crippen LogP contribution in [0.4, 0.5) is 5.69 Å². The quantitative estimate of drug-likeness (QED) is 0.777. The molecule has 0 fully saturated rings. The van der Waals surface area contributed by atoms with Crippen molar-refractivity contribution in [1.29, 1.82) is 0 Å². The Bertz CT molecular complexity index is 603. The number of hydrogen-bond donors (Lipinski definition) is 2. The van der Waals surface area contributed by atoms with E-state index in [0.29, 0.717) is 19.8 Å². The summed E-state index contributed by atoms with van der Waals surface area (Å²) in [5.41, 5.74) is 1.83. The fourth-order valence-corrected chi connectivity index (χ4v) is 2.11. The second-order valence-electron chi connectivity index (χ2n) is 4.34. The van der Waals surface area contributed by atoms with Gasteiger partial charge < -0.3 is 24.6 Å². The highest BCUT2D eigenvalue weighted by atomic mass is 16.7. The number of aliphatic hydroxyl groups is 1. The Hall–Kier alpha value is -2.05. The molecule has 1 aromatic heterocycles. The number of aliphatic hydroxyl groups excluding tert-OH is 1. The lowest BCUT2D eigenvalue weighted by molar-refractivity contribution is 0.0992. The Morgan fingerprint density at radius 3 is 2.95 bits per heavy atom. The van der Waals surface area contributed by atoms with E-state index in [2.05, 4.69) is 10.3 Å². The van der Waals surface area contributed by atoms with Gasteiger partial charge in [0.05, 0.1) is 25.3 Å². The molecule has 2 aromatic rings. The molecular weight excluding hydrogens is 260 g/mol. The maximum Gasteiger partial charge on any atom is 0.231 e. The van der Waals surface area contributed by atoms with Gasteiger partial charge in [0.1, 0.15) is 0 Å². The SMILES string of the molecule is OCCOCCNc1ccnc2cc3c(cc12)OCO3. The first-order valence-corrected chi connectivity index (χ1v) is 6.49. The van der Waals surface area contributed by atoms with Gasteiger partial charge in [0.25, 0.3) is 0 Å². The van der Waals surface area contributed by atoms with Gasteiger partial charge in [0.2, 0.25) is 6.79 Å². The van der Waals surface area contributed by atoms with Gasteiger partial charge in [-0.15, -0.1) is 0 Å². The summed E-state index contributed by atoms with van der Waals surface area (Å²) in [5, 5.41) is 12.9. The first-order chi connectivity index (χ1) is 9.88. The molecule has 3 rings (SSSR count). The molecule has 0 bridgehead atoms. The molecule has 0 spiro atoms. The zero-order chi connectivity index (χ0) is 13.8. The number of pyridine rings is 1. The Morgan fingerprint density at radius 1 is 1.25 bits per heavy atom. The first-order valence-electron chi connectivity index (χ1n) is 6.49. The molecule has 1 aromatic carbocycles. The van der Waals surface area contributed by atoms with Crippen LogP contribution in [-0.2, 0) is 4.74 Å². The van der Waals surface area contributed by atoms with Crippen LogP contribution in [0.25, 0.3) is 10.9 Å². The van der Waals surface area contributed by atoms with E-state index in [-0.39, 0.29) is 13.4 Å². The number of anilines is 1. The van der Waals surface area contributed by atoms with Crippen molar-refractivity contribution in [1.82, 2.24) is 4.98 Å². The molecule has 6 heteroatoms. The monoisotopic (exact) mass is 276 g/mol. The van der Waals surface area contributed by atoms with Crippen molar-refractivity contribution in [3.8, 4) is 11.5 Å². The molecule has 0 radical (unpaired) electrons. The van der Waals surface area contributed by atoms with Crippen molar-refractivity contribution in [2.75, 3.05) is 38.5 Å². The maximum absolute atomic E-state index is 8.63. The topological polar surface area (TPSA) is 72.8 Å². The fourth-order valence-electron chi connectivity index (χ4n) is 2.11. The van der Waals surface area contributed by atoms with Gasteiger partial charge >= 0.3 is 0 Å². The predicted octanol–water partition coefficient (Wildman–Crippen LogP) is 1.38. The van der Waals surface area contributed by atoms with Crippen LogP contribution in [0.15, 0.2) is 24.4 Å². The van der Waals surface area contributed by atoms with Crippen molar-refractivity contribution in [3.05, 3.63) is 24.4 Å². The minimum atomic E-state index is 0.0433. The number of nitrogens with one attached hydrogen (secondary N) is 1. The van der Waals surface area contributed by atoms with Crippen LogP contribution in [0, 0.1) is 0 Å². The highest BCUT2D eigenvalue weighted by Crippen LogP contribution is 2.37. The Labute approximate surface area is 116 Å². The van der Waals surface area contributed by atoms with Crippen LogP contribution in [0.5, 0.6) is 11.5 Å². The lowest BCUT2D eigenvalue weighted by Gasteiger charge is -2.10. The number of aromatic nitrogens is 1. The van der Waals surface area contributed by atoms with Gasteiger partial charge in [-0.2, -0.15) is 0 Å². The average Bonchev–Trinajstić information content (AvgIpc) is 2.92. The summed E-state index contributed by atoms with van der Waals surface area (Å²) in [5.74, 6) is 1.47. The summed E-state index contributed by atoms with van der Waals surface area (Å²) in [6, 6.07) is 5.73. The maximum atomic E-state index is 8.63. The summed E-state index contributed by atoms with van der Waals surface area (Å²) in [7, 11) is 0. The lowest BCUT2D eigenvalue weighted by Crippen LogP contribution is -2.11. The second kappa shape index (κ2) is 5.94. The van der Waals surface area contributed by atoms with Crippen LogP contribution < -0.4 is 14.8 Å². The van der Waals surface area contributed by atoms with Gasteiger partial charge in [0.15, 0.2) is 11.5 Å². The second-order valence-corrected chi connectivity index (χ2v) is 4.34. The van der Waals surface area contributed by atoms with Crippen LogP contribution in [0.2, 0.25) is 0 Å². The average molecular weight is 276 g/mol. The minimum absolute atomic E-state index is 0.0433. The summed E-state index contributed by atoms with van der Waals surface area (Å²) >= 11 is 0. The Balaban J connectivity index is 1.77. The molecule has 2 heterocycles. The number of fused-ring (bicyclic) bond motifs is 2. The number of rotatable bonds is 6. The predicted molar refractivity (Wildman–Crippen MR) is 74.3 cm³/mol. The molecule has 0 saturated heterocycles. The van der Waals surface area contributed by atoms with Crippen LogP contribution in [0.1, 0.15) is 0 Å². The van der Waals surface area contributed by atoms with E-state index in [1.54, 1.807) is 6.20 Å². The van der Waals surface area contributed by atoms with E-state index in [1.807, 2.05) is 18.2 Å². The van der Waals surface area contributed by atoms with Crippen molar-refractivity contribution in [3.63, 3.8) is 0 Å². The van der Waals surface area contributed by atoms with Gasteiger partial charge in [-0.05, 0) is 12.1 Å². The number of hydrogen-bond acceptors (Lipinski definition) is 6. The van der Waals surface area contributed by atoms with Gasteiger partial charge in [-0.1, -0.05) is 0 Å². The highest BCUT2D eigenvalue weighted by Gasteiger charge is 2.15. The summed E-state index contributed by atoms with van der Waals surface area (Å²) in [6.07, 6.45) is 1.75. The smallest absolute Gasteiger partial charge is 0.231 e. The molecule has 6 nitrogen and oxygen atoms in total. The largest absolute Gasteiger partial charge is 0.454 e.